The van der Waals surface area contributed by atoms with E-state index < -0.39 is 0 Å². The molecule has 0 aliphatic carbocycles. The second-order valence-corrected chi connectivity index (χ2v) is 5.56. The summed E-state index contributed by atoms with van der Waals surface area (Å²) in [6.45, 7) is 4.65. The van der Waals surface area contributed by atoms with Crippen molar-refractivity contribution in [2.24, 2.45) is 0 Å². The van der Waals surface area contributed by atoms with Gasteiger partial charge in [-0.3, -0.25) is 4.79 Å². The van der Waals surface area contributed by atoms with E-state index in [1.807, 2.05) is 12.1 Å². The van der Waals surface area contributed by atoms with Gasteiger partial charge in [0, 0.05) is 17.8 Å². The number of Topliss-reactive ketones (excluding diaryl/α,β-unsaturated/α-hetero) is 1. The normalized spacial score (nSPS) is 13.7. The number of ketones is 1. The minimum Gasteiger partial charge on any atom is -0.385 e. The zero-order valence-electron chi connectivity index (χ0n) is 12.5. The van der Waals surface area contributed by atoms with Gasteiger partial charge in [0.2, 0.25) is 0 Å². The van der Waals surface area contributed by atoms with Crippen molar-refractivity contribution in [1.82, 2.24) is 5.32 Å². The molecule has 110 valence electrons. The summed E-state index contributed by atoms with van der Waals surface area (Å²) in [5.41, 5.74) is 3.32. The zero-order chi connectivity index (χ0) is 14.2. The predicted octanol–water partition coefficient (Wildman–Crippen LogP) is 3.40. The Hall–Kier alpha value is -1.35. The molecule has 0 aromatic heterocycles. The third-order valence-electron chi connectivity index (χ3n) is 3.86. The SMILES string of the molecule is CCCCCCNCC(=O)c1ccc2c(c1)CCCN2. The van der Waals surface area contributed by atoms with Crippen LogP contribution in [-0.2, 0) is 6.42 Å². The minimum atomic E-state index is 0.203. The van der Waals surface area contributed by atoms with Gasteiger partial charge in [-0.15, -0.1) is 0 Å². The first-order valence-corrected chi connectivity index (χ1v) is 7.92. The number of hydrogen-bond acceptors (Lipinski definition) is 3. The van der Waals surface area contributed by atoms with E-state index in [9.17, 15) is 4.79 Å². The van der Waals surface area contributed by atoms with Crippen LogP contribution < -0.4 is 10.6 Å². The van der Waals surface area contributed by atoms with Gasteiger partial charge < -0.3 is 10.6 Å². The highest BCUT2D eigenvalue weighted by molar-refractivity contribution is 5.98. The topological polar surface area (TPSA) is 41.1 Å². The van der Waals surface area contributed by atoms with Crippen molar-refractivity contribution in [3.05, 3.63) is 29.3 Å². The van der Waals surface area contributed by atoms with Crippen LogP contribution in [0.25, 0.3) is 0 Å². The van der Waals surface area contributed by atoms with E-state index in [0.717, 1.165) is 37.9 Å². The molecule has 3 nitrogen and oxygen atoms in total. The smallest absolute Gasteiger partial charge is 0.176 e. The second kappa shape index (κ2) is 8.05. The maximum atomic E-state index is 12.1. The largest absolute Gasteiger partial charge is 0.385 e. The highest BCUT2D eigenvalue weighted by Crippen LogP contribution is 2.22. The standard InChI is InChI=1S/C17H26N2O/c1-2-3-4-5-10-18-13-17(20)15-8-9-16-14(12-15)7-6-11-19-16/h8-9,12,18-19H,2-7,10-11,13H2,1H3. The van der Waals surface area contributed by atoms with E-state index in [4.69, 9.17) is 0 Å². The molecule has 20 heavy (non-hydrogen) atoms. The Kier molecular flexibility index (Phi) is 6.06. The summed E-state index contributed by atoms with van der Waals surface area (Å²) in [5, 5.41) is 6.63. The summed E-state index contributed by atoms with van der Waals surface area (Å²) in [6.07, 6.45) is 7.18. The van der Waals surface area contributed by atoms with Crippen molar-refractivity contribution >= 4 is 11.5 Å². The molecule has 1 aromatic carbocycles. The Morgan fingerprint density at radius 1 is 1.30 bits per heavy atom. The summed E-state index contributed by atoms with van der Waals surface area (Å²) in [4.78, 5) is 12.1. The summed E-state index contributed by atoms with van der Waals surface area (Å²) in [6, 6.07) is 6.05. The summed E-state index contributed by atoms with van der Waals surface area (Å²) in [5.74, 6) is 0.203. The Labute approximate surface area is 122 Å². The number of nitrogens with one attached hydrogen (secondary N) is 2. The number of aryl methyl sites for hydroxylation is 1. The van der Waals surface area contributed by atoms with Gasteiger partial charge >= 0.3 is 0 Å². The van der Waals surface area contributed by atoms with E-state index in [1.54, 1.807) is 0 Å². The summed E-state index contributed by atoms with van der Waals surface area (Å²) < 4.78 is 0. The van der Waals surface area contributed by atoms with Gasteiger partial charge in [0.15, 0.2) is 5.78 Å². The maximum absolute atomic E-state index is 12.1. The fourth-order valence-electron chi connectivity index (χ4n) is 2.63. The molecule has 0 amide bonds. The van der Waals surface area contributed by atoms with E-state index in [-0.39, 0.29) is 5.78 Å². The first-order valence-electron chi connectivity index (χ1n) is 7.92. The van der Waals surface area contributed by atoms with E-state index in [0.29, 0.717) is 6.54 Å². The van der Waals surface area contributed by atoms with Crippen molar-refractivity contribution in [2.45, 2.75) is 45.4 Å². The van der Waals surface area contributed by atoms with Gasteiger partial charge in [-0.1, -0.05) is 26.2 Å². The van der Waals surface area contributed by atoms with Crippen LogP contribution in [0.2, 0.25) is 0 Å². The number of benzene rings is 1. The molecular formula is C17H26N2O. The van der Waals surface area contributed by atoms with E-state index in [2.05, 4.69) is 23.6 Å². The van der Waals surface area contributed by atoms with Gasteiger partial charge in [-0.25, -0.2) is 0 Å². The number of anilines is 1. The van der Waals surface area contributed by atoms with Crippen LogP contribution in [-0.4, -0.2) is 25.4 Å². The molecule has 2 rings (SSSR count). The van der Waals surface area contributed by atoms with Crippen LogP contribution in [0.15, 0.2) is 18.2 Å². The first-order chi connectivity index (χ1) is 9.81. The van der Waals surface area contributed by atoms with Gasteiger partial charge in [-0.2, -0.15) is 0 Å². The van der Waals surface area contributed by atoms with Crippen LogP contribution in [0.4, 0.5) is 5.69 Å². The van der Waals surface area contributed by atoms with Crippen LogP contribution in [0, 0.1) is 0 Å². The number of carbonyl (C=O) groups excluding carboxylic acids is 1. The van der Waals surface area contributed by atoms with Gasteiger partial charge in [0.05, 0.1) is 6.54 Å². The molecule has 3 heteroatoms. The molecule has 0 atom stereocenters. The van der Waals surface area contributed by atoms with Crippen molar-refractivity contribution in [1.29, 1.82) is 0 Å². The molecular weight excluding hydrogens is 248 g/mol. The monoisotopic (exact) mass is 274 g/mol. The Morgan fingerprint density at radius 3 is 3.05 bits per heavy atom. The van der Waals surface area contributed by atoms with Crippen LogP contribution in [0.5, 0.6) is 0 Å². The van der Waals surface area contributed by atoms with Crippen LogP contribution in [0.1, 0.15) is 54.9 Å². The lowest BCUT2D eigenvalue weighted by molar-refractivity contribution is 0.0991. The van der Waals surface area contributed by atoms with Gasteiger partial charge in [-0.05, 0) is 49.6 Å². The Balaban J connectivity index is 1.77. The number of hydrogen-bond donors (Lipinski definition) is 2. The molecule has 0 unspecified atom stereocenters. The Morgan fingerprint density at radius 2 is 2.20 bits per heavy atom. The molecule has 1 heterocycles. The molecule has 0 saturated heterocycles. The lowest BCUT2D eigenvalue weighted by atomic mass is 9.99. The molecule has 0 radical (unpaired) electrons. The number of unbranched alkanes of at least 4 members (excludes halogenated alkanes) is 3. The van der Waals surface area contributed by atoms with Gasteiger partial charge in [0.1, 0.15) is 0 Å². The predicted molar refractivity (Wildman–Crippen MR) is 84.6 cm³/mol. The highest BCUT2D eigenvalue weighted by atomic mass is 16.1. The number of rotatable bonds is 8. The molecule has 1 aliphatic heterocycles. The first kappa shape index (κ1) is 15.0. The molecule has 2 N–H and O–H groups in total. The third kappa shape index (κ3) is 4.34. The van der Waals surface area contributed by atoms with Crippen molar-refractivity contribution in [2.75, 3.05) is 25.0 Å². The highest BCUT2D eigenvalue weighted by Gasteiger charge is 2.12. The fraction of sp³-hybridized carbons (Fsp3) is 0.588. The minimum absolute atomic E-state index is 0.203. The summed E-state index contributed by atoms with van der Waals surface area (Å²) in [7, 11) is 0. The second-order valence-electron chi connectivity index (χ2n) is 5.56. The van der Waals surface area contributed by atoms with Crippen molar-refractivity contribution in [3.63, 3.8) is 0 Å². The quantitative estimate of drug-likeness (QED) is 0.564. The molecule has 0 spiro atoms. The fourth-order valence-corrected chi connectivity index (χ4v) is 2.63. The lowest BCUT2D eigenvalue weighted by Gasteiger charge is -2.18. The molecule has 1 aromatic rings. The van der Waals surface area contributed by atoms with Crippen LogP contribution in [0.3, 0.4) is 0 Å². The van der Waals surface area contributed by atoms with E-state index in [1.165, 1.54) is 30.5 Å². The summed E-state index contributed by atoms with van der Waals surface area (Å²) >= 11 is 0. The average Bonchev–Trinajstić information content (AvgIpc) is 2.50. The van der Waals surface area contributed by atoms with Crippen molar-refractivity contribution < 1.29 is 4.79 Å². The van der Waals surface area contributed by atoms with E-state index >= 15 is 0 Å². The Bertz CT molecular complexity index is 443. The molecule has 0 bridgehead atoms. The number of carbonyl (C=O) groups is 1. The van der Waals surface area contributed by atoms with Crippen LogP contribution >= 0.6 is 0 Å². The zero-order valence-corrected chi connectivity index (χ0v) is 12.5. The maximum Gasteiger partial charge on any atom is 0.176 e. The lowest BCUT2D eigenvalue weighted by Crippen LogP contribution is -2.24. The average molecular weight is 274 g/mol. The molecule has 0 fully saturated rings. The molecule has 1 aliphatic rings. The van der Waals surface area contributed by atoms with Crippen molar-refractivity contribution in [3.8, 4) is 0 Å². The third-order valence-corrected chi connectivity index (χ3v) is 3.86. The number of fused-ring (bicyclic) bond motifs is 1. The molecule has 0 saturated carbocycles. The van der Waals surface area contributed by atoms with Gasteiger partial charge in [0.25, 0.3) is 0 Å².